The number of hydrogen-bond acceptors (Lipinski definition) is 3. The average Bonchev–Trinajstić information content (AvgIpc) is 2.40. The van der Waals surface area contributed by atoms with Crippen molar-refractivity contribution >= 4 is 16.6 Å². The van der Waals surface area contributed by atoms with E-state index < -0.39 is 0 Å². The van der Waals surface area contributed by atoms with Crippen LogP contribution in [0.3, 0.4) is 0 Å². The van der Waals surface area contributed by atoms with Crippen molar-refractivity contribution in [2.45, 2.75) is 0 Å². The fourth-order valence-electron chi connectivity index (χ4n) is 1.95. The maximum Gasteiger partial charge on any atom is 0.131 e. The van der Waals surface area contributed by atoms with Crippen LogP contribution in [0, 0.1) is 0 Å². The summed E-state index contributed by atoms with van der Waals surface area (Å²) < 4.78 is 0. The predicted molar refractivity (Wildman–Crippen MR) is 69.4 cm³/mol. The second-order valence-electron chi connectivity index (χ2n) is 3.82. The first-order valence-electron chi connectivity index (χ1n) is 5.41. The highest BCUT2D eigenvalue weighted by molar-refractivity contribution is 5.99. The lowest BCUT2D eigenvalue weighted by molar-refractivity contribution is 1.32. The number of benzene rings is 1. The van der Waals surface area contributed by atoms with Gasteiger partial charge in [0.1, 0.15) is 5.82 Å². The lowest BCUT2D eigenvalue weighted by atomic mass is 10.1. The Balaban J connectivity index is 2.35. The summed E-state index contributed by atoms with van der Waals surface area (Å²) in [6, 6.07) is 13.9. The second-order valence-corrected chi connectivity index (χ2v) is 3.82. The largest absolute Gasteiger partial charge is 0.383 e. The van der Waals surface area contributed by atoms with Gasteiger partial charge in [-0.05, 0) is 12.1 Å². The van der Waals surface area contributed by atoms with E-state index in [1.165, 1.54) is 0 Å². The zero-order valence-corrected chi connectivity index (χ0v) is 9.17. The molecule has 0 atom stereocenters. The van der Waals surface area contributed by atoms with E-state index >= 15 is 0 Å². The number of aromatic nitrogens is 2. The number of hydrogen-bond donors (Lipinski definition) is 1. The molecule has 2 aromatic heterocycles. The summed E-state index contributed by atoms with van der Waals surface area (Å²) in [5, 5.41) is 1.98. The van der Waals surface area contributed by atoms with E-state index in [-0.39, 0.29) is 0 Å². The van der Waals surface area contributed by atoms with E-state index in [0.717, 1.165) is 22.0 Å². The molecule has 17 heavy (non-hydrogen) atoms. The Hall–Kier alpha value is -2.42. The van der Waals surface area contributed by atoms with E-state index in [1.807, 2.05) is 42.5 Å². The Morgan fingerprint density at radius 3 is 2.29 bits per heavy atom. The zero-order chi connectivity index (χ0) is 11.7. The van der Waals surface area contributed by atoms with Crippen molar-refractivity contribution in [2.24, 2.45) is 0 Å². The molecule has 0 radical (unpaired) electrons. The molecule has 0 saturated carbocycles. The fraction of sp³-hybridized carbons (Fsp3) is 0. The van der Waals surface area contributed by atoms with Gasteiger partial charge in [-0.15, -0.1) is 0 Å². The third-order valence-corrected chi connectivity index (χ3v) is 2.77. The van der Waals surface area contributed by atoms with Crippen molar-refractivity contribution < 1.29 is 0 Å². The standard InChI is InChI=1S/C14H11N3/c15-14-12-7-8-16-13(11(12)6-9-17-14)10-4-2-1-3-5-10/h1-9H,(H2,15,17). The molecule has 3 heteroatoms. The molecule has 0 bridgehead atoms. The molecule has 0 aliphatic rings. The number of nitrogen functional groups attached to an aromatic ring is 1. The Morgan fingerprint density at radius 2 is 1.47 bits per heavy atom. The van der Waals surface area contributed by atoms with Crippen LogP contribution >= 0.6 is 0 Å². The quantitative estimate of drug-likeness (QED) is 0.687. The molecule has 82 valence electrons. The number of fused-ring (bicyclic) bond motifs is 1. The molecular formula is C14H11N3. The SMILES string of the molecule is Nc1nccc2c(-c3ccccc3)nccc12. The predicted octanol–water partition coefficient (Wildman–Crippen LogP) is 2.88. The number of anilines is 1. The van der Waals surface area contributed by atoms with Crippen LogP contribution < -0.4 is 5.73 Å². The van der Waals surface area contributed by atoms with Gasteiger partial charge >= 0.3 is 0 Å². The van der Waals surface area contributed by atoms with Crippen molar-refractivity contribution in [2.75, 3.05) is 5.73 Å². The summed E-state index contributed by atoms with van der Waals surface area (Å²) in [5.41, 5.74) is 7.89. The van der Waals surface area contributed by atoms with Gasteiger partial charge in [0.15, 0.2) is 0 Å². The number of pyridine rings is 2. The van der Waals surface area contributed by atoms with E-state index in [0.29, 0.717) is 5.82 Å². The van der Waals surface area contributed by atoms with Crippen molar-refractivity contribution in [1.29, 1.82) is 0 Å². The lowest BCUT2D eigenvalue weighted by Gasteiger charge is -2.06. The average molecular weight is 221 g/mol. The van der Waals surface area contributed by atoms with Gasteiger partial charge in [-0.3, -0.25) is 4.98 Å². The van der Waals surface area contributed by atoms with Gasteiger partial charge in [-0.1, -0.05) is 30.3 Å². The summed E-state index contributed by atoms with van der Waals surface area (Å²) in [5.74, 6) is 0.544. The molecule has 0 unspecified atom stereocenters. The first-order valence-corrected chi connectivity index (χ1v) is 5.41. The lowest BCUT2D eigenvalue weighted by Crippen LogP contribution is -1.93. The molecule has 0 fully saturated rings. The van der Waals surface area contributed by atoms with Gasteiger partial charge in [0.05, 0.1) is 5.69 Å². The molecule has 0 amide bonds. The molecule has 0 aliphatic heterocycles. The monoisotopic (exact) mass is 221 g/mol. The molecule has 0 aliphatic carbocycles. The molecule has 3 rings (SSSR count). The van der Waals surface area contributed by atoms with Crippen molar-refractivity contribution in [3.8, 4) is 11.3 Å². The van der Waals surface area contributed by atoms with Crippen LogP contribution in [0.5, 0.6) is 0 Å². The highest BCUT2D eigenvalue weighted by Crippen LogP contribution is 2.27. The van der Waals surface area contributed by atoms with Crippen molar-refractivity contribution in [1.82, 2.24) is 9.97 Å². The Kier molecular flexibility index (Phi) is 2.22. The van der Waals surface area contributed by atoms with Gasteiger partial charge < -0.3 is 5.73 Å². The summed E-state index contributed by atoms with van der Waals surface area (Å²) >= 11 is 0. The van der Waals surface area contributed by atoms with Crippen LogP contribution in [0.4, 0.5) is 5.82 Å². The Labute approximate surface area is 98.9 Å². The van der Waals surface area contributed by atoms with E-state index in [1.54, 1.807) is 12.4 Å². The Bertz CT molecular complexity index is 663. The third kappa shape index (κ3) is 1.61. The normalized spacial score (nSPS) is 10.6. The van der Waals surface area contributed by atoms with Crippen molar-refractivity contribution in [3.63, 3.8) is 0 Å². The molecule has 3 aromatic rings. The van der Waals surface area contributed by atoms with E-state index in [4.69, 9.17) is 5.73 Å². The number of rotatable bonds is 1. The van der Waals surface area contributed by atoms with Gasteiger partial charge in [0.2, 0.25) is 0 Å². The second kappa shape index (κ2) is 3.87. The first-order chi connectivity index (χ1) is 8.36. The van der Waals surface area contributed by atoms with Gasteiger partial charge in [0, 0.05) is 28.7 Å². The number of nitrogens with two attached hydrogens (primary N) is 1. The summed E-state index contributed by atoms with van der Waals surface area (Å²) in [6.07, 6.45) is 3.48. The molecular weight excluding hydrogens is 210 g/mol. The summed E-state index contributed by atoms with van der Waals surface area (Å²) in [4.78, 5) is 8.53. The van der Waals surface area contributed by atoms with Crippen LogP contribution in [0.2, 0.25) is 0 Å². The molecule has 0 spiro atoms. The highest BCUT2D eigenvalue weighted by atomic mass is 14.8. The van der Waals surface area contributed by atoms with Crippen LogP contribution in [-0.4, -0.2) is 9.97 Å². The smallest absolute Gasteiger partial charge is 0.131 e. The van der Waals surface area contributed by atoms with Gasteiger partial charge in [-0.25, -0.2) is 4.98 Å². The minimum absolute atomic E-state index is 0.544. The van der Waals surface area contributed by atoms with Crippen LogP contribution in [-0.2, 0) is 0 Å². The van der Waals surface area contributed by atoms with E-state index in [9.17, 15) is 0 Å². The first kappa shape index (κ1) is 9.78. The summed E-state index contributed by atoms with van der Waals surface area (Å²) in [7, 11) is 0. The van der Waals surface area contributed by atoms with Gasteiger partial charge in [0.25, 0.3) is 0 Å². The molecule has 3 nitrogen and oxygen atoms in total. The third-order valence-electron chi connectivity index (χ3n) is 2.77. The van der Waals surface area contributed by atoms with Crippen LogP contribution in [0.15, 0.2) is 54.9 Å². The minimum Gasteiger partial charge on any atom is -0.383 e. The molecule has 2 N–H and O–H groups in total. The van der Waals surface area contributed by atoms with Crippen LogP contribution in [0.1, 0.15) is 0 Å². The van der Waals surface area contributed by atoms with E-state index in [2.05, 4.69) is 9.97 Å². The van der Waals surface area contributed by atoms with Gasteiger partial charge in [-0.2, -0.15) is 0 Å². The maximum absolute atomic E-state index is 5.86. The molecule has 2 heterocycles. The maximum atomic E-state index is 5.86. The molecule has 0 saturated heterocycles. The van der Waals surface area contributed by atoms with Crippen LogP contribution in [0.25, 0.3) is 22.0 Å². The topological polar surface area (TPSA) is 51.8 Å². The minimum atomic E-state index is 0.544. The number of nitrogens with zero attached hydrogens (tertiary/aromatic N) is 2. The zero-order valence-electron chi connectivity index (χ0n) is 9.17. The Morgan fingerprint density at radius 1 is 0.765 bits per heavy atom. The highest BCUT2D eigenvalue weighted by Gasteiger charge is 2.06. The van der Waals surface area contributed by atoms with Crippen molar-refractivity contribution in [3.05, 3.63) is 54.9 Å². The summed E-state index contributed by atoms with van der Waals surface area (Å²) in [6.45, 7) is 0. The fourth-order valence-corrected chi connectivity index (χ4v) is 1.95. The molecule has 1 aromatic carbocycles.